The van der Waals surface area contributed by atoms with E-state index in [9.17, 15) is 4.79 Å². The van der Waals surface area contributed by atoms with Gasteiger partial charge in [0.05, 0.1) is 17.1 Å². The normalized spacial score (nSPS) is 10.1. The van der Waals surface area contributed by atoms with Gasteiger partial charge in [0.2, 0.25) is 11.2 Å². The summed E-state index contributed by atoms with van der Waals surface area (Å²) in [7, 11) is 1.31. The molecule has 0 atom stereocenters. The fraction of sp³-hybridized carbons (Fsp3) is 0.0833. The summed E-state index contributed by atoms with van der Waals surface area (Å²) >= 11 is 8.99. The Morgan fingerprint density at radius 1 is 1.37 bits per heavy atom. The molecule has 0 fully saturated rings. The minimum atomic E-state index is -0.446. The van der Waals surface area contributed by atoms with Crippen molar-refractivity contribution in [3.05, 3.63) is 45.8 Å². The monoisotopic (exact) mass is 342 g/mol. The first-order valence-electron chi connectivity index (χ1n) is 5.14. The molecule has 0 amide bonds. The van der Waals surface area contributed by atoms with Gasteiger partial charge in [-0.15, -0.1) is 0 Å². The maximum atomic E-state index is 11.4. The van der Waals surface area contributed by atoms with E-state index in [-0.39, 0.29) is 11.2 Å². The number of hydrogen-bond acceptors (Lipinski definition) is 5. The van der Waals surface area contributed by atoms with Gasteiger partial charge in [0.25, 0.3) is 0 Å². The van der Waals surface area contributed by atoms with E-state index < -0.39 is 5.97 Å². The second-order valence-electron chi connectivity index (χ2n) is 3.40. The molecule has 0 aliphatic carbocycles. The molecule has 1 heterocycles. The van der Waals surface area contributed by atoms with Crippen LogP contribution in [0, 0.1) is 0 Å². The largest absolute Gasteiger partial charge is 0.465 e. The Morgan fingerprint density at radius 2 is 2.16 bits per heavy atom. The van der Waals surface area contributed by atoms with Crippen LogP contribution >= 0.6 is 27.5 Å². The van der Waals surface area contributed by atoms with Gasteiger partial charge >= 0.3 is 5.97 Å². The zero-order valence-corrected chi connectivity index (χ0v) is 12.1. The zero-order valence-electron chi connectivity index (χ0n) is 9.76. The lowest BCUT2D eigenvalue weighted by molar-refractivity contribution is 0.0600. The maximum absolute atomic E-state index is 11.4. The molecule has 2 rings (SSSR count). The molecule has 1 aromatic heterocycles. The van der Waals surface area contributed by atoms with Crippen LogP contribution in [0.5, 0.6) is 11.6 Å². The number of ether oxygens (including phenoxy) is 2. The molecule has 0 aliphatic heterocycles. The molecule has 0 radical (unpaired) electrons. The molecule has 5 nitrogen and oxygen atoms in total. The third-order valence-electron chi connectivity index (χ3n) is 2.17. The van der Waals surface area contributed by atoms with Gasteiger partial charge in [0.15, 0.2) is 0 Å². The second kappa shape index (κ2) is 5.99. The fourth-order valence-corrected chi connectivity index (χ4v) is 1.78. The molecular formula is C12H8BrClN2O3. The van der Waals surface area contributed by atoms with Crippen LogP contribution in [0.2, 0.25) is 5.28 Å². The van der Waals surface area contributed by atoms with Gasteiger partial charge < -0.3 is 9.47 Å². The van der Waals surface area contributed by atoms with Crippen LogP contribution in [0.3, 0.4) is 0 Å². The predicted octanol–water partition coefficient (Wildman–Crippen LogP) is 3.47. The average Bonchev–Trinajstić information content (AvgIpc) is 2.40. The van der Waals surface area contributed by atoms with Crippen molar-refractivity contribution < 1.29 is 14.3 Å². The van der Waals surface area contributed by atoms with Gasteiger partial charge in [-0.25, -0.2) is 9.78 Å². The number of hydrogen-bond donors (Lipinski definition) is 0. The number of nitrogens with zero attached hydrogens (tertiary/aromatic N) is 2. The van der Waals surface area contributed by atoms with E-state index >= 15 is 0 Å². The van der Waals surface area contributed by atoms with E-state index in [1.54, 1.807) is 24.3 Å². The molecule has 0 saturated carbocycles. The van der Waals surface area contributed by atoms with Crippen molar-refractivity contribution in [2.24, 2.45) is 0 Å². The molecule has 1 aromatic carbocycles. The first-order chi connectivity index (χ1) is 9.10. The van der Waals surface area contributed by atoms with Crippen LogP contribution in [-0.2, 0) is 4.74 Å². The van der Waals surface area contributed by atoms with Gasteiger partial charge in [-0.3, -0.25) is 0 Å². The van der Waals surface area contributed by atoms with Crippen LogP contribution in [0.15, 0.2) is 34.9 Å². The van der Waals surface area contributed by atoms with E-state index in [0.717, 1.165) is 0 Å². The minimum Gasteiger partial charge on any atom is -0.465 e. The Hall–Kier alpha value is -1.66. The Labute approximate surface area is 122 Å². The molecule has 7 heteroatoms. The highest BCUT2D eigenvalue weighted by Gasteiger charge is 2.11. The average molecular weight is 344 g/mol. The standard InChI is InChI=1S/C12H8BrClN2O3/c1-18-11(17)7-2-3-8(13)9(6-7)19-10-4-5-15-12(14)16-10/h2-6H,1H3. The lowest BCUT2D eigenvalue weighted by Gasteiger charge is -2.08. The summed E-state index contributed by atoms with van der Waals surface area (Å²) in [5.74, 6) is 0.262. The van der Waals surface area contributed by atoms with E-state index in [4.69, 9.17) is 16.3 Å². The third-order valence-corrected chi connectivity index (χ3v) is 3.00. The predicted molar refractivity (Wildman–Crippen MR) is 72.6 cm³/mol. The fourth-order valence-electron chi connectivity index (χ4n) is 1.32. The van der Waals surface area contributed by atoms with Crippen molar-refractivity contribution in [3.8, 4) is 11.6 Å². The van der Waals surface area contributed by atoms with Crippen LogP contribution in [0.4, 0.5) is 0 Å². The zero-order chi connectivity index (χ0) is 13.8. The summed E-state index contributed by atoms with van der Waals surface area (Å²) < 4.78 is 10.9. The first-order valence-corrected chi connectivity index (χ1v) is 6.31. The quantitative estimate of drug-likeness (QED) is 0.631. The van der Waals surface area contributed by atoms with E-state index in [2.05, 4.69) is 30.6 Å². The van der Waals surface area contributed by atoms with E-state index in [1.807, 2.05) is 0 Å². The Morgan fingerprint density at radius 3 is 2.84 bits per heavy atom. The number of carbonyl (C=O) groups excluding carboxylic acids is 1. The summed E-state index contributed by atoms with van der Waals surface area (Å²) in [6, 6.07) is 6.41. The molecule has 0 unspecified atom stereocenters. The van der Waals surface area contributed by atoms with Crippen molar-refractivity contribution in [1.29, 1.82) is 0 Å². The SMILES string of the molecule is COC(=O)c1ccc(Br)c(Oc2ccnc(Cl)n2)c1. The van der Waals surface area contributed by atoms with Crippen molar-refractivity contribution >= 4 is 33.5 Å². The molecule has 0 N–H and O–H groups in total. The maximum Gasteiger partial charge on any atom is 0.337 e. The molecule has 19 heavy (non-hydrogen) atoms. The van der Waals surface area contributed by atoms with Gasteiger partial charge in [-0.2, -0.15) is 4.98 Å². The molecular weight excluding hydrogens is 336 g/mol. The number of methoxy groups -OCH3 is 1. The van der Waals surface area contributed by atoms with Crippen molar-refractivity contribution in [2.45, 2.75) is 0 Å². The summed E-state index contributed by atoms with van der Waals surface area (Å²) in [5, 5.41) is 0.0812. The number of carbonyl (C=O) groups is 1. The molecule has 0 spiro atoms. The van der Waals surface area contributed by atoms with Gasteiger partial charge in [0, 0.05) is 12.3 Å². The van der Waals surface area contributed by atoms with Crippen LogP contribution in [0.25, 0.3) is 0 Å². The number of esters is 1. The molecule has 98 valence electrons. The van der Waals surface area contributed by atoms with Crippen LogP contribution in [-0.4, -0.2) is 23.0 Å². The van der Waals surface area contributed by atoms with Crippen LogP contribution in [0.1, 0.15) is 10.4 Å². The van der Waals surface area contributed by atoms with E-state index in [0.29, 0.717) is 15.8 Å². The lowest BCUT2D eigenvalue weighted by Crippen LogP contribution is -2.01. The topological polar surface area (TPSA) is 61.3 Å². The Balaban J connectivity index is 2.31. The Kier molecular flexibility index (Phi) is 4.34. The first kappa shape index (κ1) is 13.8. The van der Waals surface area contributed by atoms with Gasteiger partial charge in [0.1, 0.15) is 5.75 Å². The number of halogens is 2. The summed E-state index contributed by atoms with van der Waals surface area (Å²) in [5.41, 5.74) is 0.376. The summed E-state index contributed by atoms with van der Waals surface area (Å²) in [6.07, 6.45) is 1.47. The molecule has 2 aromatic rings. The van der Waals surface area contributed by atoms with Crippen molar-refractivity contribution in [3.63, 3.8) is 0 Å². The highest BCUT2D eigenvalue weighted by Crippen LogP contribution is 2.30. The van der Waals surface area contributed by atoms with Gasteiger partial charge in [-0.1, -0.05) is 0 Å². The summed E-state index contributed by atoms with van der Waals surface area (Å²) in [4.78, 5) is 19.1. The van der Waals surface area contributed by atoms with Crippen LogP contribution < -0.4 is 4.74 Å². The van der Waals surface area contributed by atoms with Crippen molar-refractivity contribution in [1.82, 2.24) is 9.97 Å². The van der Waals surface area contributed by atoms with E-state index in [1.165, 1.54) is 13.3 Å². The smallest absolute Gasteiger partial charge is 0.337 e. The van der Waals surface area contributed by atoms with Gasteiger partial charge in [-0.05, 0) is 45.7 Å². The summed E-state index contributed by atoms with van der Waals surface area (Å²) in [6.45, 7) is 0. The highest BCUT2D eigenvalue weighted by atomic mass is 79.9. The number of aromatic nitrogens is 2. The molecule has 0 saturated heterocycles. The lowest BCUT2D eigenvalue weighted by atomic mass is 10.2. The van der Waals surface area contributed by atoms with Crippen molar-refractivity contribution in [2.75, 3.05) is 7.11 Å². The number of rotatable bonds is 3. The molecule has 0 aliphatic rings. The second-order valence-corrected chi connectivity index (χ2v) is 4.60. The highest BCUT2D eigenvalue weighted by molar-refractivity contribution is 9.10. The number of benzene rings is 1. The third kappa shape index (κ3) is 3.42. The minimum absolute atomic E-state index is 0.0812. The molecule has 0 bridgehead atoms. The Bertz CT molecular complexity index is 622.